The number of nitrogens with zero attached hydrogens (tertiary/aromatic N) is 4. The number of sulfonamides is 1. The molecule has 8 nitrogen and oxygen atoms in total. The minimum Gasteiger partial charge on any atom is -0.360 e. The van der Waals surface area contributed by atoms with Crippen molar-refractivity contribution in [1.82, 2.24) is 19.3 Å². The summed E-state index contributed by atoms with van der Waals surface area (Å²) in [6.07, 6.45) is 5.28. The van der Waals surface area contributed by atoms with Gasteiger partial charge in [-0.15, -0.1) is 0 Å². The van der Waals surface area contributed by atoms with Crippen LogP contribution in [0.3, 0.4) is 0 Å². The van der Waals surface area contributed by atoms with Gasteiger partial charge < -0.3 is 14.3 Å². The largest absolute Gasteiger partial charge is 0.360 e. The number of likely N-dealkylation sites (tertiary alicyclic amines) is 1. The van der Waals surface area contributed by atoms with E-state index in [1.165, 1.54) is 23.6 Å². The molecule has 0 aromatic carbocycles. The fourth-order valence-electron chi connectivity index (χ4n) is 4.39. The molecule has 2 fully saturated rings. The number of carbonyl (C=O) groups excluding carboxylic acids is 1. The number of aromatic nitrogens is 1. The number of hydrogen-bond acceptors (Lipinski definition) is 6. The highest BCUT2D eigenvalue weighted by atomic mass is 32.2. The van der Waals surface area contributed by atoms with Gasteiger partial charge in [0, 0.05) is 39.1 Å². The molecule has 0 bridgehead atoms. The minimum absolute atomic E-state index is 0.0126. The molecule has 3 rings (SSSR count). The maximum absolute atomic E-state index is 13.1. The van der Waals surface area contributed by atoms with E-state index in [1.807, 2.05) is 4.90 Å². The highest BCUT2D eigenvalue weighted by Gasteiger charge is 2.36. The van der Waals surface area contributed by atoms with Crippen LogP contribution in [0, 0.1) is 13.8 Å². The van der Waals surface area contributed by atoms with Crippen LogP contribution >= 0.6 is 0 Å². The van der Waals surface area contributed by atoms with Crippen molar-refractivity contribution in [1.29, 1.82) is 0 Å². The Morgan fingerprint density at radius 1 is 1.18 bits per heavy atom. The van der Waals surface area contributed by atoms with Crippen LogP contribution in [0.15, 0.2) is 9.42 Å². The lowest BCUT2D eigenvalue weighted by Gasteiger charge is -2.39. The third-order valence-electron chi connectivity index (χ3n) is 5.88. The SMILES string of the molecule is CC(=O)N(CCN1CCCCC1)C1CCCN(S(=O)(=O)c2c(C)noc2C)C1. The Labute approximate surface area is 167 Å². The molecule has 1 aromatic heterocycles. The van der Waals surface area contributed by atoms with E-state index in [1.54, 1.807) is 20.8 Å². The molecule has 2 saturated heterocycles. The molecule has 2 aliphatic rings. The van der Waals surface area contributed by atoms with Crippen LogP contribution < -0.4 is 0 Å². The lowest BCUT2D eigenvalue weighted by molar-refractivity contribution is -0.132. The van der Waals surface area contributed by atoms with Gasteiger partial charge >= 0.3 is 0 Å². The van der Waals surface area contributed by atoms with Crippen molar-refractivity contribution in [3.05, 3.63) is 11.5 Å². The maximum Gasteiger partial charge on any atom is 0.248 e. The zero-order valence-corrected chi connectivity index (χ0v) is 18.0. The number of hydrogen-bond donors (Lipinski definition) is 0. The van der Waals surface area contributed by atoms with Gasteiger partial charge in [0.15, 0.2) is 5.76 Å². The third-order valence-corrected chi connectivity index (χ3v) is 7.99. The van der Waals surface area contributed by atoms with Gasteiger partial charge in [0.05, 0.1) is 0 Å². The summed E-state index contributed by atoms with van der Waals surface area (Å²) < 4.78 is 32.9. The highest BCUT2D eigenvalue weighted by Crippen LogP contribution is 2.27. The van der Waals surface area contributed by atoms with Gasteiger partial charge in [-0.3, -0.25) is 4.79 Å². The quantitative estimate of drug-likeness (QED) is 0.708. The molecular weight excluding hydrogens is 380 g/mol. The first-order valence-electron chi connectivity index (χ1n) is 10.2. The first-order valence-corrected chi connectivity index (χ1v) is 11.7. The summed E-state index contributed by atoms with van der Waals surface area (Å²) in [5.41, 5.74) is 0.383. The van der Waals surface area contributed by atoms with Gasteiger partial charge in [-0.25, -0.2) is 8.42 Å². The molecular formula is C19H32N4O4S. The third kappa shape index (κ3) is 4.58. The smallest absolute Gasteiger partial charge is 0.248 e. The molecule has 1 unspecified atom stereocenters. The zero-order chi connectivity index (χ0) is 20.3. The predicted octanol–water partition coefficient (Wildman–Crippen LogP) is 1.78. The summed E-state index contributed by atoms with van der Waals surface area (Å²) in [4.78, 5) is 16.8. The van der Waals surface area contributed by atoms with Crippen LogP contribution in [0.5, 0.6) is 0 Å². The zero-order valence-electron chi connectivity index (χ0n) is 17.2. The fourth-order valence-corrected chi connectivity index (χ4v) is 6.20. The second-order valence-corrected chi connectivity index (χ2v) is 9.80. The molecule has 0 spiro atoms. The van der Waals surface area contributed by atoms with Crippen LogP contribution in [0.4, 0.5) is 0 Å². The Bertz CT molecular complexity index is 766. The Kier molecular flexibility index (Phi) is 6.77. The van der Waals surface area contributed by atoms with Crippen molar-refractivity contribution < 1.29 is 17.7 Å². The number of piperidine rings is 2. The molecule has 3 heterocycles. The highest BCUT2D eigenvalue weighted by molar-refractivity contribution is 7.89. The number of amides is 1. The first kappa shape index (κ1) is 21.3. The van der Waals surface area contributed by atoms with E-state index in [9.17, 15) is 13.2 Å². The molecule has 9 heteroatoms. The van der Waals surface area contributed by atoms with Crippen molar-refractivity contribution in [3.8, 4) is 0 Å². The second-order valence-electron chi connectivity index (χ2n) is 7.93. The molecule has 1 atom stereocenters. The van der Waals surface area contributed by atoms with Gasteiger partial charge in [-0.05, 0) is 52.6 Å². The molecule has 1 amide bonds. The predicted molar refractivity (Wildman–Crippen MR) is 105 cm³/mol. The van der Waals surface area contributed by atoms with Crippen molar-refractivity contribution in [2.24, 2.45) is 0 Å². The Hall–Kier alpha value is -1.45. The second kappa shape index (κ2) is 8.92. The summed E-state index contributed by atoms with van der Waals surface area (Å²) >= 11 is 0. The normalized spacial score (nSPS) is 22.3. The van der Waals surface area contributed by atoms with Crippen molar-refractivity contribution in [2.75, 3.05) is 39.3 Å². The van der Waals surface area contributed by atoms with Crippen LogP contribution in [0.1, 0.15) is 50.5 Å². The van der Waals surface area contributed by atoms with Gasteiger partial charge in [0.25, 0.3) is 0 Å². The molecule has 0 radical (unpaired) electrons. The van der Waals surface area contributed by atoms with Crippen molar-refractivity contribution in [3.63, 3.8) is 0 Å². The first-order chi connectivity index (χ1) is 13.3. The Morgan fingerprint density at radius 3 is 2.50 bits per heavy atom. The summed E-state index contributed by atoms with van der Waals surface area (Å²) in [5.74, 6) is 0.326. The van der Waals surface area contributed by atoms with E-state index in [2.05, 4.69) is 10.1 Å². The molecule has 1 aromatic rings. The Balaban J connectivity index is 1.70. The van der Waals surface area contributed by atoms with Crippen molar-refractivity contribution in [2.45, 2.75) is 63.8 Å². The molecule has 0 saturated carbocycles. The number of rotatable bonds is 6. The molecule has 158 valence electrons. The molecule has 2 aliphatic heterocycles. The van der Waals surface area contributed by atoms with E-state index in [0.717, 1.165) is 32.5 Å². The van der Waals surface area contributed by atoms with Gasteiger partial charge in [0.1, 0.15) is 10.6 Å². The summed E-state index contributed by atoms with van der Waals surface area (Å²) in [6, 6.07) is -0.0914. The average molecular weight is 413 g/mol. The molecule has 28 heavy (non-hydrogen) atoms. The van der Waals surface area contributed by atoms with Gasteiger partial charge in [-0.1, -0.05) is 11.6 Å². The summed E-state index contributed by atoms with van der Waals surface area (Å²) in [7, 11) is -3.68. The lowest BCUT2D eigenvalue weighted by atomic mass is 10.1. The standard InChI is InChI=1S/C19H32N4O4S/c1-15-19(16(2)27-20-15)28(25,26)22-11-7-8-18(14-22)23(17(3)24)13-12-21-9-5-4-6-10-21/h18H,4-14H2,1-3H3. The summed E-state index contributed by atoms with van der Waals surface area (Å²) in [6.45, 7) is 9.31. The van der Waals surface area contributed by atoms with Gasteiger partial charge in [-0.2, -0.15) is 4.31 Å². The summed E-state index contributed by atoms with van der Waals surface area (Å²) in [5, 5.41) is 3.79. The van der Waals surface area contributed by atoms with Crippen molar-refractivity contribution >= 4 is 15.9 Å². The van der Waals surface area contributed by atoms with E-state index in [0.29, 0.717) is 31.1 Å². The van der Waals surface area contributed by atoms with Crippen LogP contribution in [-0.4, -0.2) is 78.9 Å². The topological polar surface area (TPSA) is 87.0 Å². The lowest BCUT2D eigenvalue weighted by Crippen LogP contribution is -2.53. The van der Waals surface area contributed by atoms with Crippen LogP contribution in [0.2, 0.25) is 0 Å². The average Bonchev–Trinajstić information content (AvgIpc) is 3.02. The Morgan fingerprint density at radius 2 is 1.89 bits per heavy atom. The number of aryl methyl sites for hydroxylation is 2. The van der Waals surface area contributed by atoms with E-state index >= 15 is 0 Å². The van der Waals surface area contributed by atoms with E-state index in [4.69, 9.17) is 4.52 Å². The maximum atomic E-state index is 13.1. The van der Waals surface area contributed by atoms with E-state index < -0.39 is 10.0 Å². The fraction of sp³-hybridized carbons (Fsp3) is 0.789. The van der Waals surface area contributed by atoms with Crippen LogP contribution in [0.25, 0.3) is 0 Å². The monoisotopic (exact) mass is 412 g/mol. The number of carbonyl (C=O) groups is 1. The van der Waals surface area contributed by atoms with Crippen LogP contribution in [-0.2, 0) is 14.8 Å². The van der Waals surface area contributed by atoms with Gasteiger partial charge in [0.2, 0.25) is 15.9 Å². The van der Waals surface area contributed by atoms with E-state index in [-0.39, 0.29) is 16.8 Å². The molecule has 0 aliphatic carbocycles. The minimum atomic E-state index is -3.68. The molecule has 0 N–H and O–H groups in total.